The van der Waals surface area contributed by atoms with Crippen molar-refractivity contribution in [1.82, 2.24) is 0 Å². The van der Waals surface area contributed by atoms with E-state index in [0.717, 1.165) is 24.1 Å². The number of benzene rings is 2. The summed E-state index contributed by atoms with van der Waals surface area (Å²) >= 11 is 0. The molecule has 1 atom stereocenters. The Morgan fingerprint density at radius 2 is 1.76 bits per heavy atom. The van der Waals surface area contributed by atoms with Crippen molar-refractivity contribution >= 4 is 17.6 Å². The average molecular weight is 347 g/mol. The molecule has 2 aromatic carbocycles. The minimum Gasteiger partial charge on any atom is -0.452 e. The smallest absolute Gasteiger partial charge is 0.338 e. The van der Waals surface area contributed by atoms with Gasteiger partial charge in [-0.05, 0) is 36.1 Å². The number of anilines is 1. The van der Waals surface area contributed by atoms with Gasteiger partial charge in [0, 0.05) is 11.8 Å². The van der Waals surface area contributed by atoms with E-state index >= 15 is 0 Å². The third kappa shape index (κ3) is 5.11. The number of hydrogen-bond acceptors (Lipinski definition) is 3. The monoisotopic (exact) mass is 347 g/mol. The molecule has 4 nitrogen and oxygen atoms in total. The first-order chi connectivity index (χ1) is 11.9. The van der Waals surface area contributed by atoms with Crippen LogP contribution in [0, 0.1) is 11.6 Å². The lowest BCUT2D eigenvalue weighted by atomic mass is 9.97. The lowest BCUT2D eigenvalue weighted by Gasteiger charge is -2.15. The molecule has 132 valence electrons. The van der Waals surface area contributed by atoms with Gasteiger partial charge in [0.1, 0.15) is 11.6 Å². The molecule has 0 radical (unpaired) electrons. The third-order valence-corrected chi connectivity index (χ3v) is 3.81. The first-order valence-corrected chi connectivity index (χ1v) is 7.92. The SMILES string of the molecule is CC[C@@H](C)c1ccccc1NC(=O)COC(=O)c1cc(F)cc(F)c1. The quantitative estimate of drug-likeness (QED) is 0.794. The lowest BCUT2D eigenvalue weighted by molar-refractivity contribution is -0.119. The van der Waals surface area contributed by atoms with Crippen LogP contribution in [0.2, 0.25) is 0 Å². The molecule has 0 aliphatic rings. The van der Waals surface area contributed by atoms with Crippen molar-refractivity contribution in [2.24, 2.45) is 0 Å². The van der Waals surface area contributed by atoms with Crippen LogP contribution in [0.4, 0.5) is 14.5 Å². The van der Waals surface area contributed by atoms with E-state index in [-0.39, 0.29) is 11.5 Å². The van der Waals surface area contributed by atoms with Crippen molar-refractivity contribution in [3.8, 4) is 0 Å². The second-order valence-electron chi connectivity index (χ2n) is 5.68. The Balaban J connectivity index is 1.98. The molecule has 25 heavy (non-hydrogen) atoms. The topological polar surface area (TPSA) is 55.4 Å². The molecule has 0 spiro atoms. The number of esters is 1. The molecule has 0 saturated heterocycles. The van der Waals surface area contributed by atoms with E-state index in [4.69, 9.17) is 4.74 Å². The minimum atomic E-state index is -0.969. The number of halogens is 2. The maximum atomic E-state index is 13.1. The second kappa shape index (κ2) is 8.37. The van der Waals surface area contributed by atoms with Gasteiger partial charge in [-0.1, -0.05) is 32.0 Å². The first-order valence-electron chi connectivity index (χ1n) is 7.92. The molecule has 0 aromatic heterocycles. The Morgan fingerprint density at radius 1 is 1.12 bits per heavy atom. The fraction of sp³-hybridized carbons (Fsp3) is 0.263. The number of nitrogens with one attached hydrogen (secondary N) is 1. The number of hydrogen-bond donors (Lipinski definition) is 1. The summed E-state index contributed by atoms with van der Waals surface area (Å²) in [6.45, 7) is 3.54. The van der Waals surface area contributed by atoms with Gasteiger partial charge in [-0.25, -0.2) is 13.6 Å². The van der Waals surface area contributed by atoms with E-state index in [0.29, 0.717) is 11.8 Å². The zero-order valence-corrected chi connectivity index (χ0v) is 14.0. The van der Waals surface area contributed by atoms with Crippen molar-refractivity contribution in [3.63, 3.8) is 0 Å². The summed E-state index contributed by atoms with van der Waals surface area (Å²) in [4.78, 5) is 23.8. The standard InChI is InChI=1S/C19H19F2NO3/c1-3-12(2)16-6-4-5-7-17(16)22-18(23)11-25-19(24)13-8-14(20)10-15(21)9-13/h4-10,12H,3,11H2,1-2H3,(H,22,23)/t12-/m1/s1. The van der Waals surface area contributed by atoms with Crippen LogP contribution in [-0.2, 0) is 9.53 Å². The number of amides is 1. The van der Waals surface area contributed by atoms with E-state index in [2.05, 4.69) is 5.32 Å². The highest BCUT2D eigenvalue weighted by Gasteiger charge is 2.15. The molecular weight excluding hydrogens is 328 g/mol. The molecule has 0 aliphatic carbocycles. The first kappa shape index (κ1) is 18.6. The predicted octanol–water partition coefficient (Wildman–Crippen LogP) is 4.27. The Kier molecular flexibility index (Phi) is 6.22. The largest absolute Gasteiger partial charge is 0.452 e. The van der Waals surface area contributed by atoms with Crippen LogP contribution < -0.4 is 5.32 Å². The van der Waals surface area contributed by atoms with Crippen molar-refractivity contribution in [3.05, 3.63) is 65.2 Å². The molecule has 0 saturated carbocycles. The van der Waals surface area contributed by atoms with Crippen LogP contribution in [0.25, 0.3) is 0 Å². The van der Waals surface area contributed by atoms with Crippen LogP contribution in [0.5, 0.6) is 0 Å². The normalized spacial score (nSPS) is 11.7. The molecule has 0 bridgehead atoms. The van der Waals surface area contributed by atoms with Gasteiger partial charge in [0.2, 0.25) is 0 Å². The van der Waals surface area contributed by atoms with Crippen LogP contribution in [0.3, 0.4) is 0 Å². The van der Waals surface area contributed by atoms with Gasteiger partial charge in [0.05, 0.1) is 5.56 Å². The Labute approximate surface area is 144 Å². The van der Waals surface area contributed by atoms with Gasteiger partial charge in [0.15, 0.2) is 6.61 Å². The molecule has 0 unspecified atom stereocenters. The van der Waals surface area contributed by atoms with E-state index in [1.807, 2.05) is 26.0 Å². The van der Waals surface area contributed by atoms with Crippen molar-refractivity contribution < 1.29 is 23.1 Å². The number of rotatable bonds is 6. The Hall–Kier alpha value is -2.76. The summed E-state index contributed by atoms with van der Waals surface area (Å²) in [6, 6.07) is 9.71. The summed E-state index contributed by atoms with van der Waals surface area (Å²) in [5, 5.41) is 2.69. The van der Waals surface area contributed by atoms with Gasteiger partial charge < -0.3 is 10.1 Å². The molecular formula is C19H19F2NO3. The fourth-order valence-electron chi connectivity index (χ4n) is 2.33. The molecule has 1 N–H and O–H groups in total. The molecule has 6 heteroatoms. The van der Waals surface area contributed by atoms with Crippen LogP contribution >= 0.6 is 0 Å². The highest BCUT2D eigenvalue weighted by Crippen LogP contribution is 2.26. The molecule has 2 aromatic rings. The summed E-state index contributed by atoms with van der Waals surface area (Å²) in [5.41, 5.74) is 1.34. The van der Waals surface area contributed by atoms with Crippen molar-refractivity contribution in [2.45, 2.75) is 26.2 Å². The fourth-order valence-corrected chi connectivity index (χ4v) is 2.33. The van der Waals surface area contributed by atoms with Crippen LogP contribution in [0.1, 0.15) is 42.1 Å². The van der Waals surface area contributed by atoms with Crippen LogP contribution in [-0.4, -0.2) is 18.5 Å². The van der Waals surface area contributed by atoms with E-state index < -0.39 is 30.1 Å². The summed E-state index contributed by atoms with van der Waals surface area (Å²) < 4.78 is 31.0. The molecule has 0 fully saturated rings. The zero-order valence-electron chi connectivity index (χ0n) is 14.0. The summed E-state index contributed by atoms with van der Waals surface area (Å²) in [6.07, 6.45) is 0.910. The maximum Gasteiger partial charge on any atom is 0.338 e. The van der Waals surface area contributed by atoms with Gasteiger partial charge in [0.25, 0.3) is 5.91 Å². The Morgan fingerprint density at radius 3 is 2.40 bits per heavy atom. The summed E-state index contributed by atoms with van der Waals surface area (Å²) in [7, 11) is 0. The van der Waals surface area contributed by atoms with Gasteiger partial charge in [-0.3, -0.25) is 4.79 Å². The average Bonchev–Trinajstić information content (AvgIpc) is 2.58. The Bertz CT molecular complexity index is 757. The molecule has 2 rings (SSSR count). The number of para-hydroxylation sites is 1. The predicted molar refractivity (Wildman–Crippen MR) is 90.4 cm³/mol. The van der Waals surface area contributed by atoms with Crippen molar-refractivity contribution in [2.75, 3.05) is 11.9 Å². The second-order valence-corrected chi connectivity index (χ2v) is 5.68. The molecule has 0 aliphatic heterocycles. The van der Waals surface area contributed by atoms with E-state index in [1.54, 1.807) is 12.1 Å². The molecule has 1 amide bonds. The highest BCUT2D eigenvalue weighted by atomic mass is 19.1. The minimum absolute atomic E-state index is 0.259. The number of carbonyl (C=O) groups is 2. The highest BCUT2D eigenvalue weighted by molar-refractivity contribution is 5.96. The van der Waals surface area contributed by atoms with Gasteiger partial charge >= 0.3 is 5.97 Å². The third-order valence-electron chi connectivity index (χ3n) is 3.81. The van der Waals surface area contributed by atoms with Gasteiger partial charge in [-0.2, -0.15) is 0 Å². The van der Waals surface area contributed by atoms with Gasteiger partial charge in [-0.15, -0.1) is 0 Å². The van der Waals surface area contributed by atoms with Crippen molar-refractivity contribution in [1.29, 1.82) is 0 Å². The lowest BCUT2D eigenvalue weighted by Crippen LogP contribution is -2.22. The zero-order chi connectivity index (χ0) is 18.4. The maximum absolute atomic E-state index is 13.1. The van der Waals surface area contributed by atoms with Crippen LogP contribution in [0.15, 0.2) is 42.5 Å². The van der Waals surface area contributed by atoms with E-state index in [9.17, 15) is 18.4 Å². The van der Waals surface area contributed by atoms with E-state index in [1.165, 1.54) is 0 Å². The molecule has 0 heterocycles. The summed E-state index contributed by atoms with van der Waals surface area (Å²) in [5.74, 6) is -3.02. The number of ether oxygens (including phenoxy) is 1. The number of carbonyl (C=O) groups excluding carboxylic acids is 2.